The Bertz CT molecular complexity index is 605. The van der Waals surface area contributed by atoms with Gasteiger partial charge in [-0.2, -0.15) is 0 Å². The number of rotatable bonds is 5. The number of H-pyrrole nitrogens is 1. The summed E-state index contributed by atoms with van der Waals surface area (Å²) in [4.78, 5) is 5.87. The van der Waals surface area contributed by atoms with Crippen LogP contribution < -0.4 is 5.32 Å². The second-order valence-electron chi connectivity index (χ2n) is 6.21. The number of benzene rings is 1. The Labute approximate surface area is 125 Å². The zero-order valence-electron chi connectivity index (χ0n) is 12.3. The smallest absolute Gasteiger partial charge is 0.0826 e. The zero-order valence-corrected chi connectivity index (χ0v) is 12.3. The third-order valence-corrected chi connectivity index (χ3v) is 4.61. The van der Waals surface area contributed by atoms with Crippen LogP contribution in [0.3, 0.4) is 0 Å². The number of morpholine rings is 1. The van der Waals surface area contributed by atoms with E-state index in [0.29, 0.717) is 6.10 Å². The van der Waals surface area contributed by atoms with Crippen LogP contribution in [-0.4, -0.2) is 48.3 Å². The summed E-state index contributed by atoms with van der Waals surface area (Å²) in [5.74, 6) is 0. The topological polar surface area (TPSA) is 40.3 Å². The molecule has 0 spiro atoms. The van der Waals surface area contributed by atoms with Crippen molar-refractivity contribution in [2.75, 3.05) is 26.2 Å². The Morgan fingerprint density at radius 3 is 3.14 bits per heavy atom. The monoisotopic (exact) mass is 285 g/mol. The molecule has 2 fully saturated rings. The molecule has 2 N–H and O–H groups in total. The number of hydrogen-bond acceptors (Lipinski definition) is 3. The number of hydrogen-bond donors (Lipinski definition) is 2. The molecule has 2 aromatic rings. The van der Waals surface area contributed by atoms with Crippen molar-refractivity contribution in [1.82, 2.24) is 15.2 Å². The van der Waals surface area contributed by atoms with Crippen molar-refractivity contribution in [3.05, 3.63) is 36.0 Å². The third-order valence-electron chi connectivity index (χ3n) is 4.61. The van der Waals surface area contributed by atoms with E-state index in [0.717, 1.165) is 38.8 Å². The van der Waals surface area contributed by atoms with Crippen molar-refractivity contribution in [3.63, 3.8) is 0 Å². The van der Waals surface area contributed by atoms with E-state index in [1.165, 1.54) is 29.3 Å². The molecule has 1 saturated heterocycles. The van der Waals surface area contributed by atoms with Crippen molar-refractivity contribution in [1.29, 1.82) is 0 Å². The van der Waals surface area contributed by atoms with Gasteiger partial charge in [0.1, 0.15) is 0 Å². The van der Waals surface area contributed by atoms with Crippen molar-refractivity contribution >= 4 is 10.9 Å². The normalized spacial score (nSPS) is 23.7. The van der Waals surface area contributed by atoms with Gasteiger partial charge in [0.25, 0.3) is 0 Å². The second kappa shape index (κ2) is 5.79. The third kappa shape index (κ3) is 2.98. The molecule has 1 aliphatic heterocycles. The first-order valence-electron chi connectivity index (χ1n) is 8.01. The number of fused-ring (bicyclic) bond motifs is 1. The number of nitrogens with zero attached hydrogens (tertiary/aromatic N) is 1. The molecule has 1 aromatic carbocycles. The van der Waals surface area contributed by atoms with Crippen LogP contribution in [0.4, 0.5) is 0 Å². The number of ether oxygens (including phenoxy) is 1. The van der Waals surface area contributed by atoms with Crippen molar-refractivity contribution in [3.8, 4) is 0 Å². The van der Waals surface area contributed by atoms with Gasteiger partial charge < -0.3 is 15.0 Å². The highest BCUT2D eigenvalue weighted by atomic mass is 16.5. The second-order valence-corrected chi connectivity index (χ2v) is 6.21. The predicted molar refractivity (Wildman–Crippen MR) is 84.3 cm³/mol. The van der Waals surface area contributed by atoms with Crippen LogP contribution in [0.15, 0.2) is 30.5 Å². The van der Waals surface area contributed by atoms with Gasteiger partial charge in [0.2, 0.25) is 0 Å². The van der Waals surface area contributed by atoms with Crippen LogP contribution in [0.2, 0.25) is 0 Å². The van der Waals surface area contributed by atoms with Crippen LogP contribution in [0.25, 0.3) is 10.9 Å². The summed E-state index contributed by atoms with van der Waals surface area (Å²) in [6.07, 6.45) is 5.11. The van der Waals surface area contributed by atoms with E-state index in [1.54, 1.807) is 0 Å². The van der Waals surface area contributed by atoms with E-state index in [1.807, 2.05) is 6.20 Å². The summed E-state index contributed by atoms with van der Waals surface area (Å²) in [5, 5.41) is 4.88. The van der Waals surface area contributed by atoms with Crippen molar-refractivity contribution in [2.45, 2.75) is 31.5 Å². The summed E-state index contributed by atoms with van der Waals surface area (Å²) < 4.78 is 5.89. The highest BCUT2D eigenvalue weighted by Crippen LogP contribution is 2.28. The molecule has 1 aliphatic carbocycles. The van der Waals surface area contributed by atoms with Gasteiger partial charge in [0.05, 0.1) is 12.7 Å². The highest BCUT2D eigenvalue weighted by molar-refractivity contribution is 5.82. The lowest BCUT2D eigenvalue weighted by Crippen LogP contribution is -2.47. The lowest BCUT2D eigenvalue weighted by molar-refractivity contribution is -0.0301. The maximum Gasteiger partial charge on any atom is 0.0826 e. The molecule has 4 heteroatoms. The summed E-state index contributed by atoms with van der Waals surface area (Å²) in [6, 6.07) is 9.43. The molecule has 1 aromatic heterocycles. The van der Waals surface area contributed by atoms with E-state index in [9.17, 15) is 0 Å². The fraction of sp³-hybridized carbons (Fsp3) is 0.529. The van der Waals surface area contributed by atoms with Gasteiger partial charge in [0, 0.05) is 49.3 Å². The molecular formula is C17H23N3O. The molecule has 21 heavy (non-hydrogen) atoms. The molecular weight excluding hydrogens is 262 g/mol. The Balaban J connectivity index is 1.31. The molecule has 2 aliphatic rings. The van der Waals surface area contributed by atoms with Crippen LogP contribution >= 0.6 is 0 Å². The standard InChI is InChI=1S/C17H23N3O/c1-2-13(16-6-7-19-17(16)3-1)10-18-11-15-12-20(8-9-21-15)14-4-5-14/h1-3,6-7,14-15,18-19H,4-5,8-12H2/t15-/m1/s1. The molecule has 4 rings (SSSR count). The van der Waals surface area contributed by atoms with E-state index in [4.69, 9.17) is 4.74 Å². The highest BCUT2D eigenvalue weighted by Gasteiger charge is 2.32. The van der Waals surface area contributed by atoms with Crippen LogP contribution in [0, 0.1) is 0 Å². The zero-order chi connectivity index (χ0) is 14.1. The van der Waals surface area contributed by atoms with Crippen LogP contribution in [0.5, 0.6) is 0 Å². The Kier molecular flexibility index (Phi) is 3.67. The van der Waals surface area contributed by atoms with Gasteiger partial charge in [-0.1, -0.05) is 12.1 Å². The fourth-order valence-corrected chi connectivity index (χ4v) is 3.31. The number of aromatic amines is 1. The molecule has 1 atom stereocenters. The Morgan fingerprint density at radius 1 is 1.29 bits per heavy atom. The number of aromatic nitrogens is 1. The first-order valence-corrected chi connectivity index (χ1v) is 8.01. The minimum atomic E-state index is 0.338. The van der Waals surface area contributed by atoms with Gasteiger partial charge in [0.15, 0.2) is 0 Å². The largest absolute Gasteiger partial charge is 0.374 e. The SMILES string of the molecule is c1cc(CNC[C@@H]2CN(C3CC3)CCO2)c2cc[nH]c2c1. The number of nitrogens with one attached hydrogen (secondary N) is 2. The van der Waals surface area contributed by atoms with Gasteiger partial charge in [-0.15, -0.1) is 0 Å². The Morgan fingerprint density at radius 2 is 2.24 bits per heavy atom. The lowest BCUT2D eigenvalue weighted by atomic mass is 10.1. The molecule has 1 saturated carbocycles. The van der Waals surface area contributed by atoms with Gasteiger partial charge in [-0.05, 0) is 30.5 Å². The van der Waals surface area contributed by atoms with Gasteiger partial charge >= 0.3 is 0 Å². The molecule has 0 radical (unpaired) electrons. The van der Waals surface area contributed by atoms with Crippen LogP contribution in [-0.2, 0) is 11.3 Å². The average Bonchev–Trinajstić information content (AvgIpc) is 3.25. The lowest BCUT2D eigenvalue weighted by Gasteiger charge is -2.33. The maximum absolute atomic E-state index is 5.89. The minimum Gasteiger partial charge on any atom is -0.374 e. The summed E-state index contributed by atoms with van der Waals surface area (Å²) in [5.41, 5.74) is 2.56. The molecule has 0 unspecified atom stereocenters. The van der Waals surface area contributed by atoms with Gasteiger partial charge in [-0.3, -0.25) is 4.90 Å². The molecule has 0 amide bonds. The average molecular weight is 285 g/mol. The quantitative estimate of drug-likeness (QED) is 0.884. The first-order chi connectivity index (χ1) is 10.4. The summed E-state index contributed by atoms with van der Waals surface area (Å²) in [6.45, 7) is 4.93. The van der Waals surface area contributed by atoms with Crippen molar-refractivity contribution in [2.24, 2.45) is 0 Å². The van der Waals surface area contributed by atoms with Gasteiger partial charge in [-0.25, -0.2) is 0 Å². The predicted octanol–water partition coefficient (Wildman–Crippen LogP) is 2.12. The summed E-state index contributed by atoms with van der Waals surface area (Å²) in [7, 11) is 0. The van der Waals surface area contributed by atoms with Crippen LogP contribution in [0.1, 0.15) is 18.4 Å². The van der Waals surface area contributed by atoms with E-state index >= 15 is 0 Å². The molecule has 2 heterocycles. The fourth-order valence-electron chi connectivity index (χ4n) is 3.31. The first kappa shape index (κ1) is 13.3. The molecule has 0 bridgehead atoms. The molecule has 4 nitrogen and oxygen atoms in total. The maximum atomic E-state index is 5.89. The summed E-state index contributed by atoms with van der Waals surface area (Å²) >= 11 is 0. The van der Waals surface area contributed by atoms with Crippen molar-refractivity contribution < 1.29 is 4.74 Å². The molecule has 112 valence electrons. The minimum absolute atomic E-state index is 0.338. The van der Waals surface area contributed by atoms with E-state index < -0.39 is 0 Å². The van der Waals surface area contributed by atoms with E-state index in [2.05, 4.69) is 39.5 Å². The van der Waals surface area contributed by atoms with E-state index in [-0.39, 0.29) is 0 Å². The Hall–Kier alpha value is -1.36.